The van der Waals surface area contributed by atoms with Crippen molar-refractivity contribution in [2.45, 2.75) is 20.6 Å². The third kappa shape index (κ3) is 7.90. The second-order valence-corrected chi connectivity index (χ2v) is 11.1. The van der Waals surface area contributed by atoms with Gasteiger partial charge in [-0.3, -0.25) is 18.4 Å². The van der Waals surface area contributed by atoms with Crippen LogP contribution < -0.4 is 10.1 Å². The highest BCUT2D eigenvalue weighted by atomic mass is 31.2. The summed E-state index contributed by atoms with van der Waals surface area (Å²) in [5, 5.41) is 3.74. The van der Waals surface area contributed by atoms with Gasteiger partial charge in [0.25, 0.3) is 0 Å². The molecule has 0 aliphatic carbocycles. The van der Waals surface area contributed by atoms with Gasteiger partial charge in [0.1, 0.15) is 12.4 Å². The van der Waals surface area contributed by atoms with Crippen molar-refractivity contribution in [1.82, 2.24) is 19.4 Å². The molecule has 0 bridgehead atoms. The van der Waals surface area contributed by atoms with Gasteiger partial charge in [-0.15, -0.1) is 0 Å². The van der Waals surface area contributed by atoms with E-state index in [2.05, 4.69) is 10.3 Å². The zero-order valence-corrected chi connectivity index (χ0v) is 25.3. The Hall–Kier alpha value is -3.86. The molecule has 0 saturated carbocycles. The molecule has 0 aliphatic heterocycles. The Morgan fingerprint density at radius 1 is 1.02 bits per heavy atom. The Bertz CT molecular complexity index is 1590. The molecule has 0 unspecified atom stereocenters. The molecular formula is C30H36N5O6P. The van der Waals surface area contributed by atoms with E-state index in [0.717, 1.165) is 27.6 Å². The van der Waals surface area contributed by atoms with Gasteiger partial charge in [0.15, 0.2) is 0 Å². The zero-order valence-electron chi connectivity index (χ0n) is 24.4. The number of pyridine rings is 2. The molecule has 3 aromatic heterocycles. The van der Waals surface area contributed by atoms with Crippen LogP contribution in [0.2, 0.25) is 0 Å². The van der Waals surface area contributed by atoms with Crippen LogP contribution in [0.15, 0.2) is 73.2 Å². The fourth-order valence-corrected chi connectivity index (χ4v) is 5.36. The summed E-state index contributed by atoms with van der Waals surface area (Å²) >= 11 is 0. The summed E-state index contributed by atoms with van der Waals surface area (Å²) in [5.74, 6) is 0.263. The normalized spacial score (nSPS) is 12.0. The first-order valence-corrected chi connectivity index (χ1v) is 15.0. The number of hydrogen-bond acceptors (Lipinski definition) is 9. The smallest absolute Gasteiger partial charge is 0.476 e. The number of anilines is 1. The van der Waals surface area contributed by atoms with Crippen molar-refractivity contribution >= 4 is 30.5 Å². The second-order valence-electron chi connectivity index (χ2n) is 9.47. The van der Waals surface area contributed by atoms with Crippen molar-refractivity contribution in [2.75, 3.05) is 46.3 Å². The molecule has 11 nitrogen and oxygen atoms in total. The standard InChI is InChI=1S/C30H36N5O6P/c1-6-39-42(37,40-7-2)41-21-35-20-27(23-13-14-31-29(18-23)38-5)26-17-24(19-32-30(26)35)22-10-8-11-25(16-22)33-28(36)12-9-15-34(3)4/h8-14,16-20H,6-7,15,21H2,1-5H3,(H,33,36). The van der Waals surface area contributed by atoms with Crippen molar-refractivity contribution in [1.29, 1.82) is 0 Å². The molecule has 4 aromatic rings. The lowest BCUT2D eigenvalue weighted by Gasteiger charge is -2.16. The number of phosphoric ester groups is 1. The van der Waals surface area contributed by atoms with Crippen molar-refractivity contribution in [3.05, 3.63) is 73.2 Å². The van der Waals surface area contributed by atoms with Crippen molar-refractivity contribution in [3.63, 3.8) is 0 Å². The van der Waals surface area contributed by atoms with Gasteiger partial charge in [0.05, 0.1) is 20.3 Å². The topological polar surface area (TPSA) is 117 Å². The van der Waals surface area contributed by atoms with Crippen LogP contribution >= 0.6 is 7.82 Å². The predicted molar refractivity (Wildman–Crippen MR) is 163 cm³/mol. The highest BCUT2D eigenvalue weighted by Crippen LogP contribution is 2.49. The van der Waals surface area contributed by atoms with E-state index in [1.165, 1.54) is 6.08 Å². The molecule has 1 aromatic carbocycles. The summed E-state index contributed by atoms with van der Waals surface area (Å²) in [6.07, 6.45) is 8.62. The molecule has 4 rings (SSSR count). The number of hydrogen-bond donors (Lipinski definition) is 1. The van der Waals surface area contributed by atoms with E-state index in [4.69, 9.17) is 23.3 Å². The maximum absolute atomic E-state index is 13.0. The van der Waals surface area contributed by atoms with E-state index < -0.39 is 7.82 Å². The monoisotopic (exact) mass is 593 g/mol. The van der Waals surface area contributed by atoms with E-state index in [1.807, 2.05) is 73.7 Å². The number of ether oxygens (including phenoxy) is 1. The highest BCUT2D eigenvalue weighted by Gasteiger charge is 2.26. The summed E-state index contributed by atoms with van der Waals surface area (Å²) in [6, 6.07) is 13.3. The van der Waals surface area contributed by atoms with E-state index in [1.54, 1.807) is 37.9 Å². The molecule has 0 spiro atoms. The lowest BCUT2D eigenvalue weighted by Crippen LogP contribution is -2.12. The molecular weight excluding hydrogens is 557 g/mol. The number of fused-ring (bicyclic) bond motifs is 1. The average molecular weight is 594 g/mol. The third-order valence-electron chi connectivity index (χ3n) is 6.10. The minimum atomic E-state index is -3.75. The summed E-state index contributed by atoms with van der Waals surface area (Å²) < 4.78 is 36.3. The summed E-state index contributed by atoms with van der Waals surface area (Å²) in [5.41, 5.74) is 4.70. The van der Waals surface area contributed by atoms with Gasteiger partial charge in [-0.2, -0.15) is 0 Å². The highest BCUT2D eigenvalue weighted by molar-refractivity contribution is 7.48. The fraction of sp³-hybridized carbons (Fsp3) is 0.300. The van der Waals surface area contributed by atoms with Crippen LogP contribution in [0, 0.1) is 0 Å². The molecule has 0 aliphatic rings. The maximum Gasteiger partial charge on any atom is 0.476 e. The van der Waals surface area contributed by atoms with Gasteiger partial charge < -0.3 is 19.5 Å². The Morgan fingerprint density at radius 2 is 1.81 bits per heavy atom. The van der Waals surface area contributed by atoms with Gasteiger partial charge in [-0.05, 0) is 63.3 Å². The Kier molecular flexibility index (Phi) is 10.6. The van der Waals surface area contributed by atoms with Crippen LogP contribution in [0.1, 0.15) is 13.8 Å². The van der Waals surface area contributed by atoms with Crippen LogP contribution in [-0.4, -0.2) is 66.3 Å². The van der Waals surface area contributed by atoms with Crippen LogP contribution in [0.5, 0.6) is 5.88 Å². The lowest BCUT2D eigenvalue weighted by molar-refractivity contribution is -0.111. The van der Waals surface area contributed by atoms with Gasteiger partial charge in [0.2, 0.25) is 11.8 Å². The second kappa shape index (κ2) is 14.4. The number of amides is 1. The van der Waals surface area contributed by atoms with Crippen LogP contribution in [0.4, 0.5) is 5.69 Å². The Labute approximate surface area is 245 Å². The third-order valence-corrected chi connectivity index (χ3v) is 7.68. The number of nitrogens with zero attached hydrogens (tertiary/aromatic N) is 4. The lowest BCUT2D eigenvalue weighted by atomic mass is 10.0. The van der Waals surface area contributed by atoms with E-state index in [0.29, 0.717) is 23.8 Å². The Morgan fingerprint density at radius 3 is 2.52 bits per heavy atom. The first-order chi connectivity index (χ1) is 20.2. The van der Waals surface area contributed by atoms with E-state index >= 15 is 0 Å². The number of rotatable bonds is 14. The first-order valence-electron chi connectivity index (χ1n) is 13.5. The van der Waals surface area contributed by atoms with Crippen LogP contribution in [-0.2, 0) is 29.7 Å². The zero-order chi connectivity index (χ0) is 30.1. The van der Waals surface area contributed by atoms with E-state index in [-0.39, 0.29) is 25.9 Å². The molecule has 0 saturated heterocycles. The number of carbonyl (C=O) groups is 1. The molecule has 0 radical (unpaired) electrons. The van der Waals surface area contributed by atoms with Gasteiger partial charge in [0, 0.05) is 59.5 Å². The number of phosphoric acid groups is 1. The number of nitrogens with one attached hydrogen (secondary N) is 1. The van der Waals surface area contributed by atoms with Gasteiger partial charge in [-0.1, -0.05) is 18.2 Å². The minimum absolute atomic E-state index is 0.106. The van der Waals surface area contributed by atoms with Gasteiger partial charge >= 0.3 is 7.82 Å². The average Bonchev–Trinajstić information content (AvgIpc) is 3.34. The molecule has 1 amide bonds. The number of benzene rings is 1. The number of methoxy groups -OCH3 is 1. The number of carbonyl (C=O) groups excluding carboxylic acids is 1. The van der Waals surface area contributed by atoms with E-state index in [9.17, 15) is 9.36 Å². The number of aromatic nitrogens is 3. The quantitative estimate of drug-likeness (QED) is 0.139. The van der Waals surface area contributed by atoms with Gasteiger partial charge in [-0.25, -0.2) is 14.5 Å². The maximum atomic E-state index is 13.0. The molecule has 222 valence electrons. The molecule has 0 atom stereocenters. The molecule has 3 heterocycles. The van der Waals surface area contributed by atoms with Crippen molar-refractivity contribution < 1.29 is 27.7 Å². The molecule has 0 fully saturated rings. The largest absolute Gasteiger partial charge is 0.481 e. The first kappa shape index (κ1) is 31.1. The summed E-state index contributed by atoms with van der Waals surface area (Å²) in [4.78, 5) is 23.3. The summed E-state index contributed by atoms with van der Waals surface area (Å²) in [7, 11) is 1.69. The van der Waals surface area contributed by atoms with Crippen molar-refractivity contribution in [3.8, 4) is 28.1 Å². The molecule has 1 N–H and O–H groups in total. The molecule has 12 heteroatoms. The van der Waals surface area contributed by atoms with Crippen molar-refractivity contribution in [2.24, 2.45) is 0 Å². The minimum Gasteiger partial charge on any atom is -0.481 e. The summed E-state index contributed by atoms with van der Waals surface area (Å²) in [6.45, 7) is 4.37. The Balaban J connectivity index is 1.71. The fourth-order valence-electron chi connectivity index (χ4n) is 4.24. The number of likely N-dealkylation sites (N-methyl/N-ethyl adjacent to an activating group) is 1. The molecule has 42 heavy (non-hydrogen) atoms. The van der Waals surface area contributed by atoms with Crippen LogP contribution in [0.25, 0.3) is 33.3 Å². The predicted octanol–water partition coefficient (Wildman–Crippen LogP) is 5.99. The SMILES string of the molecule is CCOP(=O)(OCC)OCn1cc(-c2ccnc(OC)c2)c2cc(-c3cccc(NC(=O)C=CCN(C)C)c3)cnc21. The van der Waals surface area contributed by atoms with Crippen LogP contribution in [0.3, 0.4) is 0 Å².